The summed E-state index contributed by atoms with van der Waals surface area (Å²) < 4.78 is 0. The number of amides is 1. The van der Waals surface area contributed by atoms with Crippen molar-refractivity contribution in [3.05, 3.63) is 0 Å². The number of hydrogen-bond acceptors (Lipinski definition) is 2. The van der Waals surface area contributed by atoms with Crippen molar-refractivity contribution in [1.82, 2.24) is 10.6 Å². The van der Waals surface area contributed by atoms with Crippen LogP contribution in [0.5, 0.6) is 0 Å². The van der Waals surface area contributed by atoms with E-state index in [-0.39, 0.29) is 18.3 Å². The quantitative estimate of drug-likeness (QED) is 0.775. The zero-order valence-corrected chi connectivity index (χ0v) is 15.3. The Hall–Kier alpha value is -0.280. The van der Waals surface area contributed by atoms with Crippen LogP contribution >= 0.6 is 12.4 Å². The van der Waals surface area contributed by atoms with E-state index in [2.05, 4.69) is 24.5 Å². The number of carbonyl (C=O) groups is 1. The molecular formula is C18H35ClN2O. The largest absolute Gasteiger partial charge is 0.355 e. The SMILES string of the molecule is CCCCC1CCC(C(=O)NCC2(C)CCNCC2)CC1.Cl. The summed E-state index contributed by atoms with van der Waals surface area (Å²) in [6, 6.07) is 0. The van der Waals surface area contributed by atoms with Gasteiger partial charge in [-0.1, -0.05) is 33.1 Å². The van der Waals surface area contributed by atoms with Crippen molar-refractivity contribution >= 4 is 18.3 Å². The smallest absolute Gasteiger partial charge is 0.223 e. The van der Waals surface area contributed by atoms with Crippen LogP contribution in [0.15, 0.2) is 0 Å². The van der Waals surface area contributed by atoms with Gasteiger partial charge in [-0.3, -0.25) is 4.79 Å². The molecule has 0 spiro atoms. The summed E-state index contributed by atoms with van der Waals surface area (Å²) in [6.07, 6.45) is 11.1. The highest BCUT2D eigenvalue weighted by molar-refractivity contribution is 5.85. The van der Waals surface area contributed by atoms with E-state index in [0.717, 1.165) is 38.4 Å². The van der Waals surface area contributed by atoms with Gasteiger partial charge in [0.15, 0.2) is 0 Å². The van der Waals surface area contributed by atoms with Crippen molar-refractivity contribution in [3.63, 3.8) is 0 Å². The van der Waals surface area contributed by atoms with Crippen molar-refractivity contribution in [2.45, 2.75) is 71.6 Å². The monoisotopic (exact) mass is 330 g/mol. The van der Waals surface area contributed by atoms with Gasteiger partial charge in [-0.25, -0.2) is 0 Å². The Kier molecular flexibility index (Phi) is 8.78. The maximum absolute atomic E-state index is 12.4. The normalized spacial score (nSPS) is 27.7. The molecule has 2 N–H and O–H groups in total. The Bertz CT molecular complexity index is 321. The van der Waals surface area contributed by atoms with E-state index in [1.54, 1.807) is 0 Å². The van der Waals surface area contributed by atoms with Crippen molar-refractivity contribution in [2.24, 2.45) is 17.3 Å². The van der Waals surface area contributed by atoms with Crippen molar-refractivity contribution < 1.29 is 4.79 Å². The van der Waals surface area contributed by atoms with E-state index in [1.807, 2.05) is 0 Å². The summed E-state index contributed by atoms with van der Waals surface area (Å²) in [5.74, 6) is 1.49. The van der Waals surface area contributed by atoms with E-state index < -0.39 is 0 Å². The first kappa shape index (κ1) is 19.8. The van der Waals surface area contributed by atoms with Crippen LogP contribution in [0.4, 0.5) is 0 Å². The zero-order valence-electron chi connectivity index (χ0n) is 14.5. The molecule has 1 aliphatic carbocycles. The van der Waals surface area contributed by atoms with E-state index in [0.29, 0.717) is 11.3 Å². The van der Waals surface area contributed by atoms with Crippen LogP contribution < -0.4 is 10.6 Å². The highest BCUT2D eigenvalue weighted by Gasteiger charge is 2.30. The van der Waals surface area contributed by atoms with Gasteiger partial charge >= 0.3 is 0 Å². The lowest BCUT2D eigenvalue weighted by Gasteiger charge is -2.35. The van der Waals surface area contributed by atoms with Gasteiger partial charge in [-0.2, -0.15) is 0 Å². The second-order valence-electron chi connectivity index (χ2n) is 7.64. The highest BCUT2D eigenvalue weighted by Crippen LogP contribution is 2.32. The number of carbonyl (C=O) groups excluding carboxylic acids is 1. The molecule has 1 heterocycles. The lowest BCUT2D eigenvalue weighted by molar-refractivity contribution is -0.126. The van der Waals surface area contributed by atoms with Crippen LogP contribution in [0, 0.1) is 17.3 Å². The lowest BCUT2D eigenvalue weighted by atomic mass is 9.78. The molecule has 1 saturated carbocycles. The van der Waals surface area contributed by atoms with Crippen LogP contribution in [-0.2, 0) is 4.79 Å². The zero-order chi connectivity index (χ0) is 15.1. The first-order valence-electron chi connectivity index (χ1n) is 9.11. The maximum atomic E-state index is 12.4. The molecule has 0 bridgehead atoms. The Morgan fingerprint density at radius 3 is 2.41 bits per heavy atom. The second kappa shape index (κ2) is 9.77. The first-order chi connectivity index (χ1) is 10.1. The van der Waals surface area contributed by atoms with E-state index in [1.165, 1.54) is 44.9 Å². The van der Waals surface area contributed by atoms with Gasteiger partial charge in [0, 0.05) is 12.5 Å². The van der Waals surface area contributed by atoms with E-state index >= 15 is 0 Å². The van der Waals surface area contributed by atoms with Gasteiger partial charge in [0.1, 0.15) is 0 Å². The number of unbranched alkanes of at least 4 members (excludes halogenated alkanes) is 1. The van der Waals surface area contributed by atoms with E-state index in [4.69, 9.17) is 0 Å². The molecule has 4 heteroatoms. The number of nitrogens with one attached hydrogen (secondary N) is 2. The van der Waals surface area contributed by atoms with Crippen LogP contribution in [0.25, 0.3) is 0 Å². The fraction of sp³-hybridized carbons (Fsp3) is 0.944. The number of halogens is 1. The molecule has 0 radical (unpaired) electrons. The minimum Gasteiger partial charge on any atom is -0.355 e. The molecule has 0 atom stereocenters. The van der Waals surface area contributed by atoms with Gasteiger partial charge in [0.25, 0.3) is 0 Å². The molecule has 0 aromatic heterocycles. The fourth-order valence-electron chi connectivity index (χ4n) is 3.86. The minimum absolute atomic E-state index is 0. The number of piperidine rings is 1. The van der Waals surface area contributed by atoms with Crippen molar-refractivity contribution in [3.8, 4) is 0 Å². The molecule has 0 aromatic rings. The number of rotatable bonds is 6. The first-order valence-corrected chi connectivity index (χ1v) is 9.11. The molecule has 2 fully saturated rings. The predicted molar refractivity (Wildman–Crippen MR) is 95.4 cm³/mol. The molecule has 1 amide bonds. The van der Waals surface area contributed by atoms with Gasteiger partial charge in [-0.15, -0.1) is 12.4 Å². The third-order valence-electron chi connectivity index (χ3n) is 5.68. The molecule has 1 saturated heterocycles. The van der Waals surface area contributed by atoms with E-state index in [9.17, 15) is 4.79 Å². The van der Waals surface area contributed by atoms with Crippen molar-refractivity contribution in [1.29, 1.82) is 0 Å². The second-order valence-corrected chi connectivity index (χ2v) is 7.64. The van der Waals surface area contributed by atoms with Gasteiger partial charge < -0.3 is 10.6 Å². The molecule has 2 rings (SSSR count). The number of hydrogen-bond donors (Lipinski definition) is 2. The molecule has 2 aliphatic rings. The Morgan fingerprint density at radius 1 is 1.18 bits per heavy atom. The van der Waals surface area contributed by atoms with Gasteiger partial charge in [-0.05, 0) is 62.9 Å². The summed E-state index contributed by atoms with van der Waals surface area (Å²) in [5.41, 5.74) is 0.305. The highest BCUT2D eigenvalue weighted by atomic mass is 35.5. The summed E-state index contributed by atoms with van der Waals surface area (Å²) in [6.45, 7) is 7.63. The average Bonchev–Trinajstić information content (AvgIpc) is 2.52. The summed E-state index contributed by atoms with van der Waals surface area (Å²) in [4.78, 5) is 12.4. The molecule has 1 aliphatic heterocycles. The Balaban J connectivity index is 0.00000242. The summed E-state index contributed by atoms with van der Waals surface area (Å²) in [7, 11) is 0. The van der Waals surface area contributed by atoms with Crippen LogP contribution in [-0.4, -0.2) is 25.5 Å². The van der Waals surface area contributed by atoms with Crippen LogP contribution in [0.2, 0.25) is 0 Å². The minimum atomic E-state index is 0. The molecule has 0 unspecified atom stereocenters. The molecular weight excluding hydrogens is 296 g/mol. The lowest BCUT2D eigenvalue weighted by Crippen LogP contribution is -2.44. The topological polar surface area (TPSA) is 41.1 Å². The third-order valence-corrected chi connectivity index (χ3v) is 5.68. The van der Waals surface area contributed by atoms with Gasteiger partial charge in [0.2, 0.25) is 5.91 Å². The van der Waals surface area contributed by atoms with Crippen LogP contribution in [0.3, 0.4) is 0 Å². The third kappa shape index (κ3) is 6.08. The van der Waals surface area contributed by atoms with Crippen LogP contribution in [0.1, 0.15) is 71.6 Å². The van der Waals surface area contributed by atoms with Gasteiger partial charge in [0.05, 0.1) is 0 Å². The predicted octanol–water partition coefficient (Wildman–Crippen LogP) is 3.91. The standard InChI is InChI=1S/C18H34N2O.ClH/c1-3-4-5-15-6-8-16(9-7-15)17(21)20-14-18(2)10-12-19-13-11-18;/h15-16,19H,3-14H2,1-2H3,(H,20,21);1H. The maximum Gasteiger partial charge on any atom is 0.223 e. The molecule has 0 aromatic carbocycles. The Labute approximate surface area is 142 Å². The fourth-order valence-corrected chi connectivity index (χ4v) is 3.86. The summed E-state index contributed by atoms with van der Waals surface area (Å²) in [5, 5.41) is 6.65. The molecule has 22 heavy (non-hydrogen) atoms. The summed E-state index contributed by atoms with van der Waals surface area (Å²) >= 11 is 0. The Morgan fingerprint density at radius 2 is 1.82 bits per heavy atom. The average molecular weight is 331 g/mol. The molecule has 130 valence electrons. The molecule has 3 nitrogen and oxygen atoms in total. The van der Waals surface area contributed by atoms with Crippen molar-refractivity contribution in [2.75, 3.05) is 19.6 Å².